The number of piperidine rings is 1. The molecule has 1 aliphatic rings. The fourth-order valence-electron chi connectivity index (χ4n) is 3.01. The first-order valence-corrected chi connectivity index (χ1v) is 8.22. The van der Waals surface area contributed by atoms with Crippen molar-refractivity contribution in [3.05, 3.63) is 52.3 Å². The molecule has 7 nitrogen and oxygen atoms in total. The topological polar surface area (TPSA) is 84.2 Å². The molecule has 1 atom stereocenters. The lowest BCUT2D eigenvalue weighted by atomic mass is 10.1. The highest BCUT2D eigenvalue weighted by Gasteiger charge is 2.28. The van der Waals surface area contributed by atoms with E-state index in [0.29, 0.717) is 5.82 Å². The molecule has 126 valence electrons. The van der Waals surface area contributed by atoms with Gasteiger partial charge in [-0.1, -0.05) is 30.3 Å². The van der Waals surface area contributed by atoms with Gasteiger partial charge in [0.25, 0.3) is 0 Å². The highest BCUT2D eigenvalue weighted by molar-refractivity contribution is 5.70. The van der Waals surface area contributed by atoms with Crippen molar-refractivity contribution in [3.63, 3.8) is 0 Å². The zero-order valence-corrected chi connectivity index (χ0v) is 13.7. The summed E-state index contributed by atoms with van der Waals surface area (Å²) in [5.41, 5.74) is 1.01. The molecule has 0 spiro atoms. The van der Waals surface area contributed by atoms with E-state index < -0.39 is 0 Å². The number of nitrogens with zero attached hydrogens (tertiary/aromatic N) is 4. The van der Waals surface area contributed by atoms with Gasteiger partial charge in [0.15, 0.2) is 0 Å². The summed E-state index contributed by atoms with van der Waals surface area (Å²) in [5.74, 6) is 0.685. The Morgan fingerprint density at radius 1 is 1.17 bits per heavy atom. The third-order valence-corrected chi connectivity index (χ3v) is 4.29. The van der Waals surface area contributed by atoms with Crippen molar-refractivity contribution in [1.29, 1.82) is 0 Å². The number of benzene rings is 1. The van der Waals surface area contributed by atoms with E-state index in [1.165, 1.54) is 6.33 Å². The molecule has 1 aromatic carbocycles. The average Bonchev–Trinajstić information content (AvgIpc) is 2.62. The first-order chi connectivity index (χ1) is 11.7. The zero-order chi connectivity index (χ0) is 16.9. The number of aromatic nitrogens is 2. The maximum absolute atomic E-state index is 11.7. The number of hydrogen-bond acceptors (Lipinski definition) is 6. The van der Waals surface area contributed by atoms with Gasteiger partial charge in [-0.15, -0.1) is 0 Å². The molecule has 7 heteroatoms. The van der Waals surface area contributed by atoms with Crippen LogP contribution in [-0.2, 0) is 0 Å². The molecule has 0 amide bonds. The Labute approximate surface area is 140 Å². The van der Waals surface area contributed by atoms with Gasteiger partial charge in [0.1, 0.15) is 6.33 Å². The standard InChI is InChI=1S/C17H21N5O2/c1-13(14-8-4-2-5-9-14)20-16-15(22(23)24)17(19-12-18-16)21-10-6-3-7-11-21/h2,4-5,8-9,12-13H,3,6-7,10-11H2,1H3,(H,18,19,20). The summed E-state index contributed by atoms with van der Waals surface area (Å²) in [7, 11) is 0. The smallest absolute Gasteiger partial charge is 0.353 e. The van der Waals surface area contributed by atoms with Crippen molar-refractivity contribution in [3.8, 4) is 0 Å². The summed E-state index contributed by atoms with van der Waals surface area (Å²) in [6, 6.07) is 9.71. The Bertz CT molecular complexity index is 701. The Morgan fingerprint density at radius 3 is 2.54 bits per heavy atom. The summed E-state index contributed by atoms with van der Waals surface area (Å²) in [5, 5.41) is 14.8. The van der Waals surface area contributed by atoms with Gasteiger partial charge in [-0.2, -0.15) is 0 Å². The van der Waals surface area contributed by atoms with Crippen molar-refractivity contribution in [2.24, 2.45) is 0 Å². The number of anilines is 2. The SMILES string of the molecule is CC(Nc1ncnc(N2CCCCC2)c1[N+](=O)[O-])c1ccccc1. The van der Waals surface area contributed by atoms with Gasteiger partial charge < -0.3 is 10.2 Å². The Kier molecular flexibility index (Phi) is 4.88. The summed E-state index contributed by atoms with van der Waals surface area (Å²) in [4.78, 5) is 21.6. The molecule has 1 saturated heterocycles. The van der Waals surface area contributed by atoms with Crippen LogP contribution >= 0.6 is 0 Å². The predicted octanol–water partition coefficient (Wildman–Crippen LogP) is 3.55. The van der Waals surface area contributed by atoms with Crippen molar-refractivity contribution < 1.29 is 4.92 Å². The van der Waals surface area contributed by atoms with Crippen molar-refractivity contribution in [1.82, 2.24) is 9.97 Å². The van der Waals surface area contributed by atoms with Crippen LogP contribution in [0.25, 0.3) is 0 Å². The van der Waals surface area contributed by atoms with E-state index in [9.17, 15) is 10.1 Å². The largest absolute Gasteiger partial charge is 0.358 e. The maximum atomic E-state index is 11.7. The predicted molar refractivity (Wildman–Crippen MR) is 93.2 cm³/mol. The molecule has 2 aromatic rings. The van der Waals surface area contributed by atoms with Gasteiger partial charge in [0, 0.05) is 13.1 Å². The van der Waals surface area contributed by atoms with Crippen LogP contribution in [0, 0.1) is 10.1 Å². The molecule has 3 rings (SSSR count). The zero-order valence-electron chi connectivity index (χ0n) is 13.7. The fourth-order valence-corrected chi connectivity index (χ4v) is 3.01. The van der Waals surface area contributed by atoms with E-state index in [2.05, 4.69) is 15.3 Å². The summed E-state index contributed by atoms with van der Waals surface area (Å²) < 4.78 is 0. The molecular formula is C17H21N5O2. The van der Waals surface area contributed by atoms with Crippen LogP contribution in [-0.4, -0.2) is 28.0 Å². The molecular weight excluding hydrogens is 306 g/mol. The summed E-state index contributed by atoms with van der Waals surface area (Å²) >= 11 is 0. The molecule has 24 heavy (non-hydrogen) atoms. The van der Waals surface area contributed by atoms with Gasteiger partial charge in [0.2, 0.25) is 11.6 Å². The van der Waals surface area contributed by atoms with Crippen LogP contribution < -0.4 is 10.2 Å². The van der Waals surface area contributed by atoms with E-state index in [-0.39, 0.29) is 22.5 Å². The lowest BCUT2D eigenvalue weighted by Gasteiger charge is -2.27. The van der Waals surface area contributed by atoms with Gasteiger partial charge in [-0.05, 0) is 31.7 Å². The van der Waals surface area contributed by atoms with Crippen LogP contribution in [0.2, 0.25) is 0 Å². The molecule has 2 heterocycles. The van der Waals surface area contributed by atoms with Gasteiger partial charge in [-0.3, -0.25) is 10.1 Å². The highest BCUT2D eigenvalue weighted by atomic mass is 16.6. The number of hydrogen-bond donors (Lipinski definition) is 1. The van der Waals surface area contributed by atoms with E-state index in [4.69, 9.17) is 0 Å². The van der Waals surface area contributed by atoms with Gasteiger partial charge in [-0.25, -0.2) is 9.97 Å². The Morgan fingerprint density at radius 2 is 1.88 bits per heavy atom. The molecule has 0 bridgehead atoms. The van der Waals surface area contributed by atoms with E-state index >= 15 is 0 Å². The molecule has 1 aromatic heterocycles. The Hall–Kier alpha value is -2.70. The number of rotatable bonds is 5. The van der Waals surface area contributed by atoms with E-state index in [1.807, 2.05) is 42.2 Å². The average molecular weight is 327 g/mol. The summed E-state index contributed by atoms with van der Waals surface area (Å²) in [6.07, 6.45) is 4.62. The highest BCUT2D eigenvalue weighted by Crippen LogP contribution is 2.34. The second-order valence-corrected chi connectivity index (χ2v) is 5.98. The van der Waals surface area contributed by atoms with Crippen molar-refractivity contribution in [2.75, 3.05) is 23.3 Å². The lowest BCUT2D eigenvalue weighted by Crippen LogP contribution is -2.31. The van der Waals surface area contributed by atoms with Gasteiger partial charge >= 0.3 is 5.69 Å². The minimum absolute atomic E-state index is 0.0396. The Balaban J connectivity index is 1.91. The van der Waals surface area contributed by atoms with Crippen LogP contribution in [0.15, 0.2) is 36.7 Å². The molecule has 1 aliphatic heterocycles. The van der Waals surface area contributed by atoms with Crippen LogP contribution in [0.1, 0.15) is 37.8 Å². The molecule has 1 unspecified atom stereocenters. The van der Waals surface area contributed by atoms with Crippen LogP contribution in [0.4, 0.5) is 17.3 Å². The lowest BCUT2D eigenvalue weighted by molar-refractivity contribution is -0.383. The number of nitrogens with one attached hydrogen (secondary N) is 1. The number of nitro groups is 1. The molecule has 0 aliphatic carbocycles. The normalized spacial score (nSPS) is 15.8. The van der Waals surface area contributed by atoms with E-state index in [1.54, 1.807) is 0 Å². The van der Waals surface area contributed by atoms with Crippen molar-refractivity contribution in [2.45, 2.75) is 32.2 Å². The first-order valence-electron chi connectivity index (χ1n) is 8.22. The fraction of sp³-hybridized carbons (Fsp3) is 0.412. The maximum Gasteiger partial charge on any atom is 0.353 e. The monoisotopic (exact) mass is 327 g/mol. The third kappa shape index (κ3) is 3.45. The molecule has 0 saturated carbocycles. The van der Waals surface area contributed by atoms with Crippen molar-refractivity contribution >= 4 is 17.3 Å². The van der Waals surface area contributed by atoms with E-state index in [0.717, 1.165) is 37.9 Å². The van der Waals surface area contributed by atoms with Crippen LogP contribution in [0.5, 0.6) is 0 Å². The minimum atomic E-state index is -0.385. The van der Waals surface area contributed by atoms with Gasteiger partial charge in [0.05, 0.1) is 11.0 Å². The molecule has 1 N–H and O–H groups in total. The molecule has 0 radical (unpaired) electrons. The quantitative estimate of drug-likeness (QED) is 0.668. The third-order valence-electron chi connectivity index (χ3n) is 4.29. The second-order valence-electron chi connectivity index (χ2n) is 5.98. The molecule has 1 fully saturated rings. The van der Waals surface area contributed by atoms with Crippen LogP contribution in [0.3, 0.4) is 0 Å². The summed E-state index contributed by atoms with van der Waals surface area (Å²) in [6.45, 7) is 3.55. The second kappa shape index (κ2) is 7.25. The first kappa shape index (κ1) is 16.2. The minimum Gasteiger partial charge on any atom is -0.358 e.